The number of azo groups is 1. The molecule has 0 atom stereocenters. The molecule has 5 heteroatoms. The molecule has 2 aliphatic rings. The van der Waals surface area contributed by atoms with E-state index < -0.39 is 15.4 Å². The molecule has 4 nitrogen and oxygen atoms in total. The summed E-state index contributed by atoms with van der Waals surface area (Å²) in [5, 5.41) is 7.64. The molecule has 0 aromatic rings. The van der Waals surface area contributed by atoms with Crippen LogP contribution in [-0.4, -0.2) is 19.7 Å². The molecule has 0 saturated carbocycles. The summed E-state index contributed by atoms with van der Waals surface area (Å²) < 4.78 is 22.3. The van der Waals surface area contributed by atoms with Gasteiger partial charge in [-0.05, 0) is 13.8 Å². The summed E-state index contributed by atoms with van der Waals surface area (Å²) >= 11 is 0. The Morgan fingerprint density at radius 2 is 2.09 bits per heavy atom. The van der Waals surface area contributed by atoms with E-state index in [-0.39, 0.29) is 5.75 Å². The molecule has 0 saturated heterocycles. The van der Waals surface area contributed by atoms with Crippen molar-refractivity contribution in [3.8, 4) is 0 Å². The molecule has 60 valence electrons. The van der Waals surface area contributed by atoms with Crippen molar-refractivity contribution in [2.24, 2.45) is 10.2 Å². The van der Waals surface area contributed by atoms with Crippen LogP contribution >= 0.6 is 0 Å². The van der Waals surface area contributed by atoms with Gasteiger partial charge in [0, 0.05) is 0 Å². The monoisotopic (exact) mass is 172 g/mol. The van der Waals surface area contributed by atoms with Gasteiger partial charge < -0.3 is 0 Å². The van der Waals surface area contributed by atoms with Gasteiger partial charge in [0.1, 0.15) is 5.54 Å². The molecule has 0 bridgehead atoms. The smallest absolute Gasteiger partial charge is 0.184 e. The van der Waals surface area contributed by atoms with Crippen molar-refractivity contribution in [3.05, 3.63) is 10.6 Å². The Kier molecular flexibility index (Phi) is 0.982. The Balaban J connectivity index is 2.61. The summed E-state index contributed by atoms with van der Waals surface area (Å²) in [5.41, 5.74) is 0.0434. The van der Waals surface area contributed by atoms with Crippen LogP contribution in [0, 0.1) is 0 Å². The van der Waals surface area contributed by atoms with Crippen molar-refractivity contribution in [1.29, 1.82) is 0 Å². The first-order chi connectivity index (χ1) is 4.93. The molecule has 0 radical (unpaired) electrons. The zero-order valence-corrected chi connectivity index (χ0v) is 7.14. The van der Waals surface area contributed by atoms with Crippen molar-refractivity contribution in [2.45, 2.75) is 19.4 Å². The number of nitrogens with zero attached hydrogens (tertiary/aromatic N) is 2. The number of rotatable bonds is 0. The number of hydrogen-bond donors (Lipinski definition) is 0. The Morgan fingerprint density at radius 1 is 1.45 bits per heavy atom. The van der Waals surface area contributed by atoms with E-state index in [9.17, 15) is 8.42 Å². The topological polar surface area (TPSA) is 58.9 Å². The minimum atomic E-state index is -2.97. The third kappa shape index (κ3) is 0.714. The second-order valence-electron chi connectivity index (χ2n) is 3.29. The summed E-state index contributed by atoms with van der Waals surface area (Å²) in [4.78, 5) is 0.421. The molecule has 0 aromatic heterocycles. The van der Waals surface area contributed by atoms with Gasteiger partial charge in [-0.2, -0.15) is 10.2 Å². The predicted octanol–water partition coefficient (Wildman–Crippen LogP) is 0.871. The lowest BCUT2D eigenvalue weighted by atomic mass is 10.1. The zero-order chi connectivity index (χ0) is 8.28. The Hall–Kier alpha value is -0.710. The molecular formula is C6H8N2O2S. The maximum absolute atomic E-state index is 11.1. The molecule has 11 heavy (non-hydrogen) atoms. The quantitative estimate of drug-likeness (QED) is 0.544. The number of sulfone groups is 1. The van der Waals surface area contributed by atoms with E-state index in [4.69, 9.17) is 0 Å². The minimum absolute atomic E-state index is 0.0786. The van der Waals surface area contributed by atoms with Crippen molar-refractivity contribution in [1.82, 2.24) is 0 Å². The third-order valence-corrected chi connectivity index (χ3v) is 3.89. The molecule has 2 heterocycles. The molecule has 2 aliphatic heterocycles. The Labute approximate surface area is 64.9 Å². The van der Waals surface area contributed by atoms with Gasteiger partial charge in [0.05, 0.1) is 16.4 Å². The zero-order valence-electron chi connectivity index (χ0n) is 6.33. The highest BCUT2D eigenvalue weighted by Gasteiger charge is 2.48. The molecule has 0 spiro atoms. The minimum Gasteiger partial charge on any atom is -0.223 e. The van der Waals surface area contributed by atoms with Gasteiger partial charge in [-0.1, -0.05) is 0 Å². The first-order valence-electron chi connectivity index (χ1n) is 3.33. The van der Waals surface area contributed by atoms with E-state index in [0.717, 1.165) is 0 Å². The van der Waals surface area contributed by atoms with Crippen LogP contribution in [0.15, 0.2) is 20.8 Å². The fourth-order valence-electron chi connectivity index (χ4n) is 1.46. The van der Waals surface area contributed by atoms with Gasteiger partial charge in [-0.15, -0.1) is 0 Å². The van der Waals surface area contributed by atoms with E-state index >= 15 is 0 Å². The molecule has 0 amide bonds. The normalized spacial score (nSPS) is 30.0. The molecule has 0 aromatic carbocycles. The fraction of sp³-hybridized carbons (Fsp3) is 0.667. The maximum Gasteiger partial charge on any atom is 0.184 e. The summed E-state index contributed by atoms with van der Waals surface area (Å²) in [5.74, 6) is 0.0786. The van der Waals surface area contributed by atoms with Gasteiger partial charge in [-0.25, -0.2) is 8.42 Å². The molecule has 0 unspecified atom stereocenters. The average molecular weight is 172 g/mol. The highest BCUT2D eigenvalue weighted by molar-refractivity contribution is 7.97. The highest BCUT2D eigenvalue weighted by Crippen LogP contribution is 2.43. The SMILES string of the molecule is CC1(C)N=NC2=C1S(=O)(=O)C2. The largest absolute Gasteiger partial charge is 0.223 e. The molecule has 0 fully saturated rings. The summed E-state index contributed by atoms with van der Waals surface area (Å²) in [6.45, 7) is 3.52. The van der Waals surface area contributed by atoms with Crippen molar-refractivity contribution in [2.75, 3.05) is 5.75 Å². The summed E-state index contributed by atoms with van der Waals surface area (Å²) in [7, 11) is -2.97. The lowest BCUT2D eigenvalue weighted by molar-refractivity contribution is 0.576. The van der Waals surface area contributed by atoms with Crippen LogP contribution in [0.25, 0.3) is 0 Å². The van der Waals surface area contributed by atoms with Crippen LogP contribution in [-0.2, 0) is 9.84 Å². The first kappa shape index (κ1) is 6.97. The molecule has 0 N–H and O–H groups in total. The predicted molar refractivity (Wildman–Crippen MR) is 39.7 cm³/mol. The maximum atomic E-state index is 11.1. The van der Waals surface area contributed by atoms with Crippen LogP contribution in [0.5, 0.6) is 0 Å². The van der Waals surface area contributed by atoms with Crippen LogP contribution in [0.4, 0.5) is 0 Å². The Morgan fingerprint density at radius 3 is 2.45 bits per heavy atom. The fourth-order valence-corrected chi connectivity index (χ4v) is 3.19. The average Bonchev–Trinajstić information content (AvgIpc) is 2.00. The van der Waals surface area contributed by atoms with E-state index in [1.807, 2.05) is 0 Å². The lowest BCUT2D eigenvalue weighted by Gasteiger charge is -2.23. The standard InChI is InChI=1S/C6H8N2O2S/c1-6(2)5-4(7-8-6)3-11(5,9)10/h3H2,1-2H3. The summed E-state index contributed by atoms with van der Waals surface area (Å²) in [6.07, 6.45) is 0. The van der Waals surface area contributed by atoms with E-state index in [1.54, 1.807) is 13.8 Å². The third-order valence-electron chi connectivity index (χ3n) is 1.88. The van der Waals surface area contributed by atoms with E-state index in [2.05, 4.69) is 10.2 Å². The van der Waals surface area contributed by atoms with Crippen LogP contribution in [0.2, 0.25) is 0 Å². The second-order valence-corrected chi connectivity index (χ2v) is 5.22. The first-order valence-corrected chi connectivity index (χ1v) is 4.98. The Bertz CT molecular complexity index is 375. The molecule has 0 aliphatic carbocycles. The second kappa shape index (κ2) is 1.55. The van der Waals surface area contributed by atoms with Crippen molar-refractivity contribution < 1.29 is 8.42 Å². The lowest BCUT2D eigenvalue weighted by Crippen LogP contribution is -2.32. The van der Waals surface area contributed by atoms with Crippen molar-refractivity contribution >= 4 is 9.84 Å². The molecular weight excluding hydrogens is 164 g/mol. The van der Waals surface area contributed by atoms with Gasteiger partial charge in [-0.3, -0.25) is 0 Å². The van der Waals surface area contributed by atoms with Gasteiger partial charge in [0.2, 0.25) is 0 Å². The van der Waals surface area contributed by atoms with E-state index in [1.165, 1.54) is 0 Å². The highest BCUT2D eigenvalue weighted by atomic mass is 32.2. The van der Waals surface area contributed by atoms with E-state index in [0.29, 0.717) is 10.6 Å². The van der Waals surface area contributed by atoms with Crippen LogP contribution in [0.1, 0.15) is 13.8 Å². The summed E-state index contributed by atoms with van der Waals surface area (Å²) in [6, 6.07) is 0. The van der Waals surface area contributed by atoms with Crippen molar-refractivity contribution in [3.63, 3.8) is 0 Å². The molecule has 2 rings (SSSR count). The number of hydrogen-bond acceptors (Lipinski definition) is 4. The van der Waals surface area contributed by atoms with Gasteiger partial charge in [0.25, 0.3) is 0 Å². The van der Waals surface area contributed by atoms with Gasteiger partial charge in [0.15, 0.2) is 9.84 Å². The van der Waals surface area contributed by atoms with Crippen LogP contribution in [0.3, 0.4) is 0 Å². The van der Waals surface area contributed by atoms with Gasteiger partial charge >= 0.3 is 0 Å². The van der Waals surface area contributed by atoms with Crippen LogP contribution < -0.4 is 0 Å².